The first-order chi connectivity index (χ1) is 14.0. The number of nitrogens with zero attached hydrogens (tertiary/aromatic N) is 1. The van der Waals surface area contributed by atoms with E-state index in [1.54, 1.807) is 0 Å². The lowest BCUT2D eigenvalue weighted by atomic mass is 9.99. The number of rotatable bonds is 5. The van der Waals surface area contributed by atoms with E-state index in [0.29, 0.717) is 11.6 Å². The largest absolute Gasteiger partial charge is 0.493 e. The number of carbonyl (C=O) groups excluding carboxylic acids is 2. The predicted octanol–water partition coefficient (Wildman–Crippen LogP) is 2.53. The summed E-state index contributed by atoms with van der Waals surface area (Å²) < 4.78 is 10.4. The second-order valence-corrected chi connectivity index (χ2v) is 8.49. The summed E-state index contributed by atoms with van der Waals surface area (Å²) in [6, 6.07) is 5.79. The van der Waals surface area contributed by atoms with Gasteiger partial charge in [0, 0.05) is 17.3 Å². The van der Waals surface area contributed by atoms with Crippen molar-refractivity contribution >= 4 is 28.3 Å². The third kappa shape index (κ3) is 3.98. The van der Waals surface area contributed by atoms with E-state index in [-0.39, 0.29) is 23.6 Å². The molecular formula is C20H24N4O4S. The van der Waals surface area contributed by atoms with Gasteiger partial charge in [-0.05, 0) is 29.5 Å². The molecule has 3 N–H and O–H groups in total. The van der Waals surface area contributed by atoms with Crippen molar-refractivity contribution in [2.24, 2.45) is 0 Å². The van der Waals surface area contributed by atoms with Gasteiger partial charge in [0.05, 0.1) is 13.7 Å². The van der Waals surface area contributed by atoms with E-state index >= 15 is 0 Å². The zero-order valence-electron chi connectivity index (χ0n) is 16.6. The van der Waals surface area contributed by atoms with Crippen LogP contribution in [0.15, 0.2) is 18.2 Å². The van der Waals surface area contributed by atoms with Crippen molar-refractivity contribution in [2.75, 3.05) is 19.0 Å². The number of carbonyl (C=O) groups is 2. The summed E-state index contributed by atoms with van der Waals surface area (Å²) in [5.74, 6) is 0.364. The number of fused-ring (bicyclic) bond motifs is 1. The number of esters is 1. The highest BCUT2D eigenvalue weighted by Gasteiger charge is 2.32. The number of thiazole rings is 1. The summed E-state index contributed by atoms with van der Waals surface area (Å²) in [7, 11) is 1.32. The molecule has 1 saturated heterocycles. The summed E-state index contributed by atoms with van der Waals surface area (Å²) in [5.41, 5.74) is 8.86. The molecule has 1 fully saturated rings. The first-order valence-electron chi connectivity index (χ1n) is 9.63. The van der Waals surface area contributed by atoms with Crippen molar-refractivity contribution in [1.29, 1.82) is 0 Å². The Kier molecular flexibility index (Phi) is 5.53. The van der Waals surface area contributed by atoms with E-state index in [9.17, 15) is 9.59 Å². The molecule has 4 rings (SSSR count). The number of nitrogens with one attached hydrogen (secondary N) is 3. The molecule has 29 heavy (non-hydrogen) atoms. The Labute approximate surface area is 173 Å². The smallest absolute Gasteiger partial charge is 0.357 e. The molecule has 0 spiro atoms. The standard InChI is InChI=1S/C20H24N4O4S/c1-10(2)17-16(19(26)27-3)21-20(29-17)22-18(25)14-9-13(23-24-14)11-4-5-15-12(8-11)6-7-28-15/h4-5,8,10,13-14,23-24H,6-7,9H2,1-3H3,(H,21,22,25). The predicted molar refractivity (Wildman–Crippen MR) is 109 cm³/mol. The molecular weight excluding hydrogens is 392 g/mol. The van der Waals surface area contributed by atoms with Crippen LogP contribution >= 0.6 is 11.3 Å². The second kappa shape index (κ2) is 8.10. The third-order valence-electron chi connectivity index (χ3n) is 5.12. The van der Waals surface area contributed by atoms with Gasteiger partial charge >= 0.3 is 5.97 Å². The minimum absolute atomic E-state index is 0.0322. The highest BCUT2D eigenvalue weighted by molar-refractivity contribution is 7.16. The van der Waals surface area contributed by atoms with Crippen LogP contribution in [0.5, 0.6) is 5.75 Å². The highest BCUT2D eigenvalue weighted by atomic mass is 32.1. The lowest BCUT2D eigenvalue weighted by Crippen LogP contribution is -2.39. The molecule has 8 nitrogen and oxygen atoms in total. The molecule has 154 valence electrons. The van der Waals surface area contributed by atoms with E-state index in [4.69, 9.17) is 9.47 Å². The Balaban J connectivity index is 1.43. The fraction of sp³-hybridized carbons (Fsp3) is 0.450. The molecule has 2 aliphatic heterocycles. The van der Waals surface area contributed by atoms with Crippen LogP contribution < -0.4 is 20.9 Å². The normalized spacial score (nSPS) is 20.4. The molecule has 9 heteroatoms. The number of hydrogen-bond donors (Lipinski definition) is 3. The molecule has 0 saturated carbocycles. The quantitative estimate of drug-likeness (QED) is 0.644. The summed E-state index contributed by atoms with van der Waals surface area (Å²) in [4.78, 5) is 29.8. The fourth-order valence-electron chi connectivity index (χ4n) is 3.58. The van der Waals surface area contributed by atoms with Gasteiger partial charge in [-0.2, -0.15) is 0 Å². The molecule has 1 amide bonds. The maximum atomic E-state index is 12.7. The van der Waals surface area contributed by atoms with Crippen LogP contribution in [0.1, 0.15) is 58.7 Å². The summed E-state index contributed by atoms with van der Waals surface area (Å²) in [5, 5.41) is 3.23. The highest BCUT2D eigenvalue weighted by Crippen LogP contribution is 2.32. The van der Waals surface area contributed by atoms with Crippen molar-refractivity contribution < 1.29 is 19.1 Å². The van der Waals surface area contributed by atoms with E-state index < -0.39 is 12.0 Å². The minimum atomic E-state index is -0.494. The molecule has 0 radical (unpaired) electrons. The lowest BCUT2D eigenvalue weighted by Gasteiger charge is -2.11. The molecule has 0 bridgehead atoms. The van der Waals surface area contributed by atoms with Gasteiger partial charge in [0.1, 0.15) is 11.8 Å². The second-order valence-electron chi connectivity index (χ2n) is 7.46. The summed E-state index contributed by atoms with van der Waals surface area (Å²) in [6.07, 6.45) is 1.52. The number of hydrogen-bond acceptors (Lipinski definition) is 8. The number of aromatic nitrogens is 1. The molecule has 2 unspecified atom stereocenters. The fourth-order valence-corrected chi connectivity index (χ4v) is 4.54. The SMILES string of the molecule is COC(=O)c1nc(NC(=O)C2CC(c3ccc4c(c3)CCO4)NN2)sc1C(C)C. The Bertz CT molecular complexity index is 943. The molecule has 0 aliphatic carbocycles. The Morgan fingerprint density at radius 2 is 2.17 bits per heavy atom. The van der Waals surface area contributed by atoms with Crippen LogP contribution in [0, 0.1) is 0 Å². The Morgan fingerprint density at radius 1 is 1.34 bits per heavy atom. The van der Waals surface area contributed by atoms with Gasteiger partial charge in [-0.1, -0.05) is 26.0 Å². The van der Waals surface area contributed by atoms with Crippen LogP contribution in [0.2, 0.25) is 0 Å². The van der Waals surface area contributed by atoms with E-state index in [1.807, 2.05) is 26.0 Å². The van der Waals surface area contributed by atoms with Gasteiger partial charge < -0.3 is 14.8 Å². The maximum absolute atomic E-state index is 12.7. The monoisotopic (exact) mass is 416 g/mol. The first kappa shape index (κ1) is 19.8. The average molecular weight is 417 g/mol. The number of ether oxygens (including phenoxy) is 2. The molecule has 1 aromatic heterocycles. The minimum Gasteiger partial charge on any atom is -0.493 e. The van der Waals surface area contributed by atoms with Gasteiger partial charge in [-0.3, -0.25) is 4.79 Å². The van der Waals surface area contributed by atoms with Crippen LogP contribution in [-0.2, 0) is 16.0 Å². The molecule has 2 aliphatic rings. The summed E-state index contributed by atoms with van der Waals surface area (Å²) in [6.45, 7) is 4.67. The number of hydrazine groups is 1. The van der Waals surface area contributed by atoms with Crippen LogP contribution in [0.3, 0.4) is 0 Å². The van der Waals surface area contributed by atoms with Gasteiger partial charge in [0.2, 0.25) is 5.91 Å². The topological polar surface area (TPSA) is 102 Å². The van der Waals surface area contributed by atoms with Crippen LogP contribution in [-0.4, -0.2) is 36.6 Å². The van der Waals surface area contributed by atoms with Crippen LogP contribution in [0.25, 0.3) is 0 Å². The molecule has 2 aromatic rings. The first-order valence-corrected chi connectivity index (χ1v) is 10.4. The number of anilines is 1. The van der Waals surface area contributed by atoms with Crippen molar-refractivity contribution in [3.63, 3.8) is 0 Å². The van der Waals surface area contributed by atoms with Crippen molar-refractivity contribution in [3.8, 4) is 5.75 Å². The number of benzene rings is 1. The lowest BCUT2D eigenvalue weighted by molar-refractivity contribution is -0.117. The summed E-state index contributed by atoms with van der Waals surface area (Å²) >= 11 is 1.30. The van der Waals surface area contributed by atoms with Crippen LogP contribution in [0.4, 0.5) is 5.13 Å². The van der Waals surface area contributed by atoms with E-state index in [1.165, 1.54) is 24.0 Å². The zero-order chi connectivity index (χ0) is 20.5. The van der Waals surface area contributed by atoms with E-state index in [0.717, 1.165) is 29.2 Å². The molecule has 3 heterocycles. The van der Waals surface area contributed by atoms with Gasteiger partial charge in [-0.15, -0.1) is 11.3 Å². The van der Waals surface area contributed by atoms with Crippen molar-refractivity contribution in [1.82, 2.24) is 15.8 Å². The molecule has 2 atom stereocenters. The van der Waals surface area contributed by atoms with Gasteiger partial charge in [0.25, 0.3) is 0 Å². The third-order valence-corrected chi connectivity index (χ3v) is 6.39. The number of methoxy groups -OCH3 is 1. The van der Waals surface area contributed by atoms with Gasteiger partial charge in [0.15, 0.2) is 10.8 Å². The zero-order valence-corrected chi connectivity index (χ0v) is 17.4. The van der Waals surface area contributed by atoms with Crippen molar-refractivity contribution in [3.05, 3.63) is 39.9 Å². The Hall–Kier alpha value is -2.49. The Morgan fingerprint density at radius 3 is 2.93 bits per heavy atom. The maximum Gasteiger partial charge on any atom is 0.357 e. The average Bonchev–Trinajstić information content (AvgIpc) is 3.45. The van der Waals surface area contributed by atoms with E-state index in [2.05, 4.69) is 27.2 Å². The molecule has 1 aromatic carbocycles. The van der Waals surface area contributed by atoms with Crippen molar-refractivity contribution in [2.45, 2.75) is 44.7 Å². The van der Waals surface area contributed by atoms with Gasteiger partial charge in [-0.25, -0.2) is 20.6 Å². The number of amides is 1.